The van der Waals surface area contributed by atoms with Gasteiger partial charge in [-0.1, -0.05) is 23.7 Å². The smallest absolute Gasteiger partial charge is 0.321 e. The molecule has 6 heteroatoms. The number of para-hydroxylation sites is 1. The number of benzene rings is 1. The van der Waals surface area contributed by atoms with Gasteiger partial charge in [0.15, 0.2) is 0 Å². The second-order valence-corrected chi connectivity index (χ2v) is 5.66. The number of amides is 2. The van der Waals surface area contributed by atoms with Gasteiger partial charge >= 0.3 is 6.03 Å². The fourth-order valence-electron chi connectivity index (χ4n) is 2.49. The summed E-state index contributed by atoms with van der Waals surface area (Å²) < 4.78 is 5.35. The zero-order valence-electron chi connectivity index (χ0n) is 12.2. The molecule has 1 aliphatic rings. The summed E-state index contributed by atoms with van der Waals surface area (Å²) in [5, 5.41) is 3.41. The van der Waals surface area contributed by atoms with Crippen LogP contribution in [-0.4, -0.2) is 42.0 Å². The zero-order chi connectivity index (χ0) is 15.4. The van der Waals surface area contributed by atoms with Crippen molar-refractivity contribution >= 4 is 23.3 Å². The highest BCUT2D eigenvalue weighted by molar-refractivity contribution is 6.33. The van der Waals surface area contributed by atoms with Gasteiger partial charge in [-0.05, 0) is 24.3 Å². The van der Waals surface area contributed by atoms with Gasteiger partial charge in [0, 0.05) is 26.2 Å². The van der Waals surface area contributed by atoms with Crippen LogP contribution < -0.4 is 5.32 Å². The van der Waals surface area contributed by atoms with E-state index in [0.29, 0.717) is 23.8 Å². The fourth-order valence-corrected chi connectivity index (χ4v) is 2.67. The van der Waals surface area contributed by atoms with Crippen LogP contribution in [0, 0.1) is 0 Å². The minimum atomic E-state index is -0.106. The molecule has 0 unspecified atom stereocenters. The molecule has 0 atom stereocenters. The number of furan rings is 1. The van der Waals surface area contributed by atoms with Gasteiger partial charge in [0.1, 0.15) is 5.76 Å². The highest BCUT2D eigenvalue weighted by atomic mass is 35.5. The summed E-state index contributed by atoms with van der Waals surface area (Å²) in [6.45, 7) is 3.83. The second kappa shape index (κ2) is 6.85. The van der Waals surface area contributed by atoms with E-state index in [1.54, 1.807) is 18.4 Å². The predicted octanol–water partition coefficient (Wildman–Crippen LogP) is 3.28. The quantitative estimate of drug-likeness (QED) is 0.944. The van der Waals surface area contributed by atoms with Crippen molar-refractivity contribution < 1.29 is 9.21 Å². The predicted molar refractivity (Wildman–Crippen MR) is 86.0 cm³/mol. The van der Waals surface area contributed by atoms with Crippen molar-refractivity contribution in [2.75, 3.05) is 31.5 Å². The Kier molecular flexibility index (Phi) is 4.65. The SMILES string of the molecule is O=C(Nc1ccccc1Cl)N1CCN(Cc2ccco2)CC1. The van der Waals surface area contributed by atoms with Gasteiger partial charge in [0.05, 0.1) is 23.5 Å². The van der Waals surface area contributed by atoms with E-state index in [-0.39, 0.29) is 6.03 Å². The lowest BCUT2D eigenvalue weighted by atomic mass is 10.3. The third-order valence-electron chi connectivity index (χ3n) is 3.73. The molecule has 0 bridgehead atoms. The Balaban J connectivity index is 1.50. The van der Waals surface area contributed by atoms with E-state index < -0.39 is 0 Å². The minimum Gasteiger partial charge on any atom is -0.468 e. The maximum atomic E-state index is 12.3. The summed E-state index contributed by atoms with van der Waals surface area (Å²) in [6, 6.07) is 11.0. The number of carbonyl (C=O) groups excluding carboxylic acids is 1. The zero-order valence-corrected chi connectivity index (χ0v) is 12.9. The van der Waals surface area contributed by atoms with Crippen LogP contribution in [0.5, 0.6) is 0 Å². The molecule has 1 aliphatic heterocycles. The number of hydrogen-bond acceptors (Lipinski definition) is 3. The van der Waals surface area contributed by atoms with Crippen LogP contribution in [0.1, 0.15) is 5.76 Å². The van der Waals surface area contributed by atoms with Crippen molar-refractivity contribution in [2.45, 2.75) is 6.54 Å². The maximum absolute atomic E-state index is 12.3. The van der Waals surface area contributed by atoms with Gasteiger partial charge in [0.25, 0.3) is 0 Å². The molecule has 2 heterocycles. The molecule has 2 amide bonds. The van der Waals surface area contributed by atoms with E-state index in [2.05, 4.69) is 10.2 Å². The van der Waals surface area contributed by atoms with Gasteiger partial charge in [-0.25, -0.2) is 4.79 Å². The lowest BCUT2D eigenvalue weighted by Crippen LogP contribution is -2.49. The summed E-state index contributed by atoms with van der Waals surface area (Å²) in [4.78, 5) is 16.3. The Morgan fingerprint density at radius 2 is 1.91 bits per heavy atom. The van der Waals surface area contributed by atoms with Gasteiger partial charge in [-0.15, -0.1) is 0 Å². The van der Waals surface area contributed by atoms with Crippen molar-refractivity contribution in [3.8, 4) is 0 Å². The van der Waals surface area contributed by atoms with E-state index >= 15 is 0 Å². The molecular formula is C16H18ClN3O2. The molecule has 0 aliphatic carbocycles. The van der Waals surface area contributed by atoms with E-state index in [4.69, 9.17) is 16.0 Å². The Morgan fingerprint density at radius 3 is 2.59 bits per heavy atom. The number of piperazine rings is 1. The van der Waals surface area contributed by atoms with E-state index in [9.17, 15) is 4.79 Å². The number of hydrogen-bond donors (Lipinski definition) is 1. The summed E-state index contributed by atoms with van der Waals surface area (Å²) in [7, 11) is 0. The first kappa shape index (κ1) is 14.9. The summed E-state index contributed by atoms with van der Waals surface area (Å²) in [5.41, 5.74) is 0.646. The second-order valence-electron chi connectivity index (χ2n) is 5.25. The molecule has 1 fully saturated rings. The highest BCUT2D eigenvalue weighted by Gasteiger charge is 2.22. The third-order valence-corrected chi connectivity index (χ3v) is 4.06. The molecule has 116 valence electrons. The molecule has 22 heavy (non-hydrogen) atoms. The lowest BCUT2D eigenvalue weighted by Gasteiger charge is -2.34. The van der Waals surface area contributed by atoms with Crippen molar-refractivity contribution in [2.24, 2.45) is 0 Å². The van der Waals surface area contributed by atoms with Crippen molar-refractivity contribution in [1.29, 1.82) is 0 Å². The van der Waals surface area contributed by atoms with Crippen LogP contribution in [0.25, 0.3) is 0 Å². The Morgan fingerprint density at radius 1 is 1.14 bits per heavy atom. The molecule has 2 aromatic rings. The average molecular weight is 320 g/mol. The van der Waals surface area contributed by atoms with Crippen LogP contribution in [0.2, 0.25) is 5.02 Å². The first-order chi connectivity index (χ1) is 10.7. The van der Waals surface area contributed by atoms with Crippen LogP contribution in [0.15, 0.2) is 47.1 Å². The number of rotatable bonds is 3. The molecular weight excluding hydrogens is 302 g/mol. The molecule has 5 nitrogen and oxygen atoms in total. The Labute approximate surface area is 134 Å². The number of urea groups is 1. The van der Waals surface area contributed by atoms with Crippen LogP contribution in [-0.2, 0) is 6.54 Å². The number of nitrogens with zero attached hydrogens (tertiary/aromatic N) is 2. The minimum absolute atomic E-state index is 0.106. The van der Waals surface area contributed by atoms with E-state index in [1.165, 1.54) is 0 Å². The number of carbonyl (C=O) groups is 1. The van der Waals surface area contributed by atoms with Gasteiger partial charge in [-0.2, -0.15) is 0 Å². The van der Waals surface area contributed by atoms with Gasteiger partial charge in [0.2, 0.25) is 0 Å². The summed E-state index contributed by atoms with van der Waals surface area (Å²) >= 11 is 6.06. The third kappa shape index (κ3) is 3.61. The van der Waals surface area contributed by atoms with Gasteiger partial charge < -0.3 is 14.6 Å². The fraction of sp³-hybridized carbons (Fsp3) is 0.312. The largest absolute Gasteiger partial charge is 0.468 e. The Hall–Kier alpha value is -1.98. The number of nitrogens with one attached hydrogen (secondary N) is 1. The first-order valence-corrected chi connectivity index (χ1v) is 7.65. The molecule has 1 aromatic carbocycles. The topological polar surface area (TPSA) is 48.7 Å². The molecule has 0 radical (unpaired) electrons. The normalized spacial score (nSPS) is 15.8. The monoisotopic (exact) mass is 319 g/mol. The average Bonchev–Trinajstić information content (AvgIpc) is 3.03. The summed E-state index contributed by atoms with van der Waals surface area (Å²) in [5.74, 6) is 0.953. The first-order valence-electron chi connectivity index (χ1n) is 7.27. The van der Waals surface area contributed by atoms with E-state index in [1.807, 2.05) is 29.2 Å². The van der Waals surface area contributed by atoms with Crippen LogP contribution in [0.4, 0.5) is 10.5 Å². The van der Waals surface area contributed by atoms with Gasteiger partial charge in [-0.3, -0.25) is 4.90 Å². The maximum Gasteiger partial charge on any atom is 0.321 e. The van der Waals surface area contributed by atoms with Crippen molar-refractivity contribution in [3.05, 3.63) is 53.4 Å². The van der Waals surface area contributed by atoms with E-state index in [0.717, 1.165) is 25.4 Å². The van der Waals surface area contributed by atoms with Crippen molar-refractivity contribution in [3.63, 3.8) is 0 Å². The molecule has 3 rings (SSSR count). The molecule has 1 saturated heterocycles. The Bertz CT molecular complexity index is 622. The molecule has 1 N–H and O–H groups in total. The lowest BCUT2D eigenvalue weighted by molar-refractivity contribution is 0.137. The molecule has 1 aromatic heterocycles. The standard InChI is InChI=1S/C16H18ClN3O2/c17-14-5-1-2-6-15(14)18-16(21)20-9-7-19(8-10-20)12-13-4-3-11-22-13/h1-6,11H,7-10,12H2,(H,18,21). The summed E-state index contributed by atoms with van der Waals surface area (Å²) in [6.07, 6.45) is 1.68. The molecule has 0 spiro atoms. The number of anilines is 1. The number of halogens is 1. The van der Waals surface area contributed by atoms with Crippen LogP contribution in [0.3, 0.4) is 0 Å². The molecule has 0 saturated carbocycles. The van der Waals surface area contributed by atoms with Crippen molar-refractivity contribution in [1.82, 2.24) is 9.80 Å². The highest BCUT2D eigenvalue weighted by Crippen LogP contribution is 2.21. The van der Waals surface area contributed by atoms with Crippen LogP contribution >= 0.6 is 11.6 Å².